The second-order valence-corrected chi connectivity index (χ2v) is 4.66. The van der Waals surface area contributed by atoms with Crippen LogP contribution in [0.4, 0.5) is 0 Å². The van der Waals surface area contributed by atoms with Gasteiger partial charge in [-0.05, 0) is 51.1 Å². The molecule has 1 N–H and O–H groups in total. The Morgan fingerprint density at radius 3 is 2.67 bits per heavy atom. The van der Waals surface area contributed by atoms with Crippen molar-refractivity contribution in [1.29, 1.82) is 0 Å². The fourth-order valence-electron chi connectivity index (χ4n) is 1.69. The minimum atomic E-state index is 0.973. The minimum absolute atomic E-state index is 0.973. The molecule has 90 valence electrons. The third-order valence-electron chi connectivity index (χ3n) is 2.94. The van der Waals surface area contributed by atoms with Gasteiger partial charge in [-0.1, -0.05) is 19.8 Å². The first-order valence-electron chi connectivity index (χ1n) is 6.72. The van der Waals surface area contributed by atoms with E-state index in [0.29, 0.717) is 0 Å². The lowest BCUT2D eigenvalue weighted by Gasteiger charge is -2.04. The van der Waals surface area contributed by atoms with Crippen LogP contribution in [0.2, 0.25) is 0 Å². The summed E-state index contributed by atoms with van der Waals surface area (Å²) >= 11 is 0. The molecule has 2 heteroatoms. The van der Waals surface area contributed by atoms with Crippen molar-refractivity contribution in [3.63, 3.8) is 0 Å². The van der Waals surface area contributed by atoms with Gasteiger partial charge in [0.15, 0.2) is 0 Å². The van der Waals surface area contributed by atoms with E-state index in [1.54, 1.807) is 0 Å². The van der Waals surface area contributed by atoms with Gasteiger partial charge in [0.25, 0.3) is 0 Å². The zero-order valence-electron chi connectivity index (χ0n) is 10.3. The lowest BCUT2D eigenvalue weighted by molar-refractivity contribution is 0.124. The summed E-state index contributed by atoms with van der Waals surface area (Å²) in [5, 5.41) is 3.42. The number of ether oxygens (including phenoxy) is 1. The third-order valence-corrected chi connectivity index (χ3v) is 2.94. The smallest absolute Gasteiger partial charge is 0.0468 e. The quantitative estimate of drug-likeness (QED) is 0.533. The number of nitrogens with one attached hydrogen (secondary N) is 1. The van der Waals surface area contributed by atoms with Gasteiger partial charge in [0.05, 0.1) is 0 Å². The van der Waals surface area contributed by atoms with Crippen LogP contribution < -0.4 is 5.32 Å². The molecular formula is C13H27NO. The molecule has 0 amide bonds. The summed E-state index contributed by atoms with van der Waals surface area (Å²) < 4.78 is 5.59. The van der Waals surface area contributed by atoms with Crippen molar-refractivity contribution in [2.24, 2.45) is 5.92 Å². The summed E-state index contributed by atoms with van der Waals surface area (Å²) in [6.45, 7) is 6.52. The summed E-state index contributed by atoms with van der Waals surface area (Å²) in [5.41, 5.74) is 0. The van der Waals surface area contributed by atoms with Crippen LogP contribution in [-0.4, -0.2) is 26.3 Å². The van der Waals surface area contributed by atoms with Crippen molar-refractivity contribution in [2.45, 2.75) is 51.9 Å². The highest BCUT2D eigenvalue weighted by Crippen LogP contribution is 2.32. The number of rotatable bonds is 11. The van der Waals surface area contributed by atoms with Crippen molar-refractivity contribution >= 4 is 0 Å². The van der Waals surface area contributed by atoms with Gasteiger partial charge in [0.1, 0.15) is 0 Å². The zero-order valence-corrected chi connectivity index (χ0v) is 10.3. The van der Waals surface area contributed by atoms with Crippen LogP contribution in [0.3, 0.4) is 0 Å². The topological polar surface area (TPSA) is 21.3 Å². The monoisotopic (exact) mass is 213 g/mol. The fraction of sp³-hybridized carbons (Fsp3) is 1.00. The first-order chi connectivity index (χ1) is 7.43. The van der Waals surface area contributed by atoms with Crippen molar-refractivity contribution in [3.05, 3.63) is 0 Å². The maximum Gasteiger partial charge on any atom is 0.0468 e. The first-order valence-corrected chi connectivity index (χ1v) is 6.72. The van der Waals surface area contributed by atoms with E-state index in [4.69, 9.17) is 4.74 Å². The van der Waals surface area contributed by atoms with E-state index in [2.05, 4.69) is 12.2 Å². The van der Waals surface area contributed by atoms with Crippen molar-refractivity contribution in [1.82, 2.24) is 5.32 Å². The summed E-state index contributed by atoms with van der Waals surface area (Å²) in [4.78, 5) is 0. The molecule has 0 saturated heterocycles. The maximum atomic E-state index is 5.59. The summed E-state index contributed by atoms with van der Waals surface area (Å²) in [7, 11) is 0. The molecule has 15 heavy (non-hydrogen) atoms. The molecule has 1 fully saturated rings. The second kappa shape index (κ2) is 9.17. The molecule has 0 radical (unpaired) electrons. The fourth-order valence-corrected chi connectivity index (χ4v) is 1.69. The molecule has 0 aromatic rings. The molecule has 0 aromatic carbocycles. The molecule has 2 nitrogen and oxygen atoms in total. The van der Waals surface area contributed by atoms with Crippen molar-refractivity contribution in [3.8, 4) is 0 Å². The largest absolute Gasteiger partial charge is 0.381 e. The Balaban J connectivity index is 1.62. The highest BCUT2D eigenvalue weighted by Gasteiger charge is 2.20. The Labute approximate surface area is 94.8 Å². The van der Waals surface area contributed by atoms with Crippen molar-refractivity contribution < 1.29 is 4.74 Å². The SMILES string of the molecule is CCCNCCCCCOCCC1CC1. The van der Waals surface area contributed by atoms with E-state index in [-0.39, 0.29) is 0 Å². The average molecular weight is 213 g/mol. The van der Waals surface area contributed by atoms with Crippen LogP contribution in [0, 0.1) is 5.92 Å². The number of unbranched alkanes of at least 4 members (excludes halogenated alkanes) is 2. The van der Waals surface area contributed by atoms with Gasteiger partial charge < -0.3 is 10.1 Å². The summed E-state index contributed by atoms with van der Waals surface area (Å²) in [5.74, 6) is 1.02. The van der Waals surface area contributed by atoms with E-state index in [1.807, 2.05) is 0 Å². The van der Waals surface area contributed by atoms with E-state index in [0.717, 1.165) is 25.7 Å². The van der Waals surface area contributed by atoms with Gasteiger partial charge in [0.2, 0.25) is 0 Å². The average Bonchev–Trinajstić information content (AvgIpc) is 3.05. The van der Waals surface area contributed by atoms with Crippen LogP contribution in [0.1, 0.15) is 51.9 Å². The molecule has 0 aromatic heterocycles. The van der Waals surface area contributed by atoms with E-state index in [1.165, 1.54) is 51.5 Å². The highest BCUT2D eigenvalue weighted by atomic mass is 16.5. The van der Waals surface area contributed by atoms with Crippen LogP contribution in [0.15, 0.2) is 0 Å². The van der Waals surface area contributed by atoms with Crippen LogP contribution in [0.5, 0.6) is 0 Å². The predicted molar refractivity (Wildman–Crippen MR) is 65.2 cm³/mol. The summed E-state index contributed by atoms with van der Waals surface area (Å²) in [6, 6.07) is 0. The highest BCUT2D eigenvalue weighted by molar-refractivity contribution is 4.72. The van der Waals surface area contributed by atoms with Gasteiger partial charge in [-0.15, -0.1) is 0 Å². The van der Waals surface area contributed by atoms with E-state index in [9.17, 15) is 0 Å². The molecule has 0 heterocycles. The molecule has 0 unspecified atom stereocenters. The lowest BCUT2D eigenvalue weighted by Crippen LogP contribution is -2.15. The summed E-state index contributed by atoms with van der Waals surface area (Å²) in [6.07, 6.45) is 9.28. The third kappa shape index (κ3) is 8.88. The number of hydrogen-bond acceptors (Lipinski definition) is 2. The molecule has 0 bridgehead atoms. The lowest BCUT2D eigenvalue weighted by atomic mass is 10.2. The van der Waals surface area contributed by atoms with Gasteiger partial charge in [-0.3, -0.25) is 0 Å². The Morgan fingerprint density at radius 1 is 1.07 bits per heavy atom. The molecule has 1 aliphatic carbocycles. The Bertz CT molecular complexity index is 134. The number of hydrogen-bond donors (Lipinski definition) is 1. The van der Waals surface area contributed by atoms with Crippen molar-refractivity contribution in [2.75, 3.05) is 26.3 Å². The van der Waals surface area contributed by atoms with Crippen LogP contribution in [0.25, 0.3) is 0 Å². The van der Waals surface area contributed by atoms with Gasteiger partial charge in [-0.2, -0.15) is 0 Å². The van der Waals surface area contributed by atoms with Crippen LogP contribution in [-0.2, 0) is 4.74 Å². The Hall–Kier alpha value is -0.0800. The van der Waals surface area contributed by atoms with Gasteiger partial charge in [0, 0.05) is 13.2 Å². The van der Waals surface area contributed by atoms with Gasteiger partial charge >= 0.3 is 0 Å². The second-order valence-electron chi connectivity index (χ2n) is 4.66. The molecule has 1 aliphatic rings. The van der Waals surface area contributed by atoms with E-state index >= 15 is 0 Å². The van der Waals surface area contributed by atoms with Crippen LogP contribution >= 0.6 is 0 Å². The van der Waals surface area contributed by atoms with Gasteiger partial charge in [-0.25, -0.2) is 0 Å². The molecular weight excluding hydrogens is 186 g/mol. The first kappa shape index (κ1) is 13.0. The molecule has 1 rings (SSSR count). The Morgan fingerprint density at radius 2 is 1.93 bits per heavy atom. The molecule has 1 saturated carbocycles. The Kier molecular flexibility index (Phi) is 7.94. The predicted octanol–water partition coefficient (Wildman–Crippen LogP) is 2.97. The normalized spacial score (nSPS) is 15.8. The molecule has 0 aliphatic heterocycles. The van der Waals surface area contributed by atoms with E-state index < -0.39 is 0 Å². The minimum Gasteiger partial charge on any atom is -0.381 e. The standard InChI is InChI=1S/C13H27NO/c1-2-9-14-10-4-3-5-11-15-12-8-13-6-7-13/h13-14H,2-12H2,1H3. The zero-order chi connectivity index (χ0) is 10.8. The molecule has 0 atom stereocenters. The maximum absolute atomic E-state index is 5.59. The molecule has 0 spiro atoms.